The topological polar surface area (TPSA) is 51.8 Å². The van der Waals surface area contributed by atoms with Crippen molar-refractivity contribution in [3.8, 4) is 33.6 Å². The van der Waals surface area contributed by atoms with Gasteiger partial charge in [-0.2, -0.15) is 0 Å². The number of hydrogen-bond acceptors (Lipinski definition) is 5. The number of rotatable bonds is 4. The van der Waals surface area contributed by atoms with E-state index in [0.717, 1.165) is 71.7 Å². The number of thiazole rings is 1. The minimum Gasteiger partial charge on any atom is -0.498 e. The first-order valence-electron chi connectivity index (χ1n) is 17.5. The van der Waals surface area contributed by atoms with E-state index >= 15 is 0 Å². The molecule has 0 saturated heterocycles. The molecule has 0 fully saturated rings. The molecule has 4 nitrogen and oxygen atoms in total. The zero-order chi connectivity index (χ0) is 35.9. The molecule has 0 amide bonds. The van der Waals surface area contributed by atoms with E-state index in [2.05, 4.69) is 143 Å². The molecule has 4 aromatic carbocycles. The molecule has 8 rings (SSSR count). The Hall–Kier alpha value is -4.48. The summed E-state index contributed by atoms with van der Waals surface area (Å²) in [7, 11) is 0. The van der Waals surface area contributed by atoms with Crippen molar-refractivity contribution >= 4 is 43.5 Å². The van der Waals surface area contributed by atoms with Gasteiger partial charge in [0, 0.05) is 43.3 Å². The van der Waals surface area contributed by atoms with Gasteiger partial charge in [-0.1, -0.05) is 108 Å². The summed E-state index contributed by atoms with van der Waals surface area (Å²) in [5.41, 5.74) is 12.9. The summed E-state index contributed by atoms with van der Waals surface area (Å²) >= 11 is 1.74. The Labute approximate surface area is 324 Å². The summed E-state index contributed by atoms with van der Waals surface area (Å²) in [4.78, 5) is 14.0. The Kier molecular flexibility index (Phi) is 10.7. The maximum Gasteiger partial charge on any atom is 0.148 e. The molecule has 0 aliphatic heterocycles. The van der Waals surface area contributed by atoms with Gasteiger partial charge in [-0.25, -0.2) is 4.98 Å². The Morgan fingerprint density at radius 1 is 0.712 bits per heavy atom. The van der Waals surface area contributed by atoms with Crippen molar-refractivity contribution < 1.29 is 24.5 Å². The average Bonchev–Trinajstić information content (AvgIpc) is 3.72. The van der Waals surface area contributed by atoms with Crippen LogP contribution >= 0.6 is 11.3 Å². The second-order valence-electron chi connectivity index (χ2n) is 15.6. The quantitative estimate of drug-likeness (QED) is 0.165. The number of hydrogen-bond donors (Lipinski definition) is 0. The smallest absolute Gasteiger partial charge is 0.148 e. The third-order valence-corrected chi connectivity index (χ3v) is 10.2. The van der Waals surface area contributed by atoms with Crippen LogP contribution in [0.5, 0.6) is 0 Å². The van der Waals surface area contributed by atoms with Crippen molar-refractivity contribution in [2.75, 3.05) is 0 Å². The summed E-state index contributed by atoms with van der Waals surface area (Å²) in [6, 6.07) is 38.3. The SMILES string of the molecule is Cc1c[c-]c(-c2cc(-c3ccc(CC(C)(C)C)cc3)ccn2)cc1.Cc1ccc(-c2[c-]ccc3c2oc2c3ccc3sc(C(C)(C)C)nc32)nc1.[Ir]. The van der Waals surface area contributed by atoms with Crippen molar-refractivity contribution in [2.24, 2.45) is 5.41 Å². The number of aryl methyl sites for hydroxylation is 2. The molecular weight excluding hydrogens is 835 g/mol. The summed E-state index contributed by atoms with van der Waals surface area (Å²) < 4.78 is 7.54. The second-order valence-corrected chi connectivity index (χ2v) is 16.7. The van der Waals surface area contributed by atoms with Crippen LogP contribution in [0.25, 0.3) is 65.8 Å². The fourth-order valence-electron chi connectivity index (χ4n) is 6.16. The van der Waals surface area contributed by atoms with Gasteiger partial charge >= 0.3 is 0 Å². The normalized spacial score (nSPS) is 11.8. The van der Waals surface area contributed by atoms with Crippen LogP contribution in [0.1, 0.15) is 63.2 Å². The first kappa shape index (κ1) is 37.3. The van der Waals surface area contributed by atoms with Gasteiger partial charge in [0.15, 0.2) is 0 Å². The van der Waals surface area contributed by atoms with E-state index in [-0.39, 0.29) is 25.5 Å². The summed E-state index contributed by atoms with van der Waals surface area (Å²) in [6.07, 6.45) is 4.84. The van der Waals surface area contributed by atoms with Crippen LogP contribution in [0.4, 0.5) is 0 Å². The van der Waals surface area contributed by atoms with E-state index in [1.165, 1.54) is 22.3 Å². The van der Waals surface area contributed by atoms with E-state index < -0.39 is 0 Å². The number of benzene rings is 4. The van der Waals surface area contributed by atoms with Crippen molar-refractivity contribution in [1.29, 1.82) is 0 Å². The Balaban J connectivity index is 0.000000177. The van der Waals surface area contributed by atoms with Gasteiger partial charge in [-0.15, -0.1) is 64.9 Å². The number of furan rings is 1. The van der Waals surface area contributed by atoms with Crippen LogP contribution in [0.15, 0.2) is 108 Å². The molecule has 0 aliphatic rings. The molecule has 0 bridgehead atoms. The monoisotopic (exact) mass is 878 g/mol. The Morgan fingerprint density at radius 3 is 2.13 bits per heavy atom. The van der Waals surface area contributed by atoms with Crippen LogP contribution in [0.3, 0.4) is 0 Å². The minimum absolute atomic E-state index is 0. The standard InChI is InChI=1S/C23H19N2OS.C23H24N.Ir/c1-13-8-10-17(24-12-13)16-7-5-6-14-15-9-11-18-19(21(15)26-20(14)16)25-22(27-18)23(2,3)4;1-17-5-9-20(10-6-17)22-15-21(13-14-24-22)19-11-7-18(8-12-19)16-23(2,3)4;/h5-6,8-12H,1-4H3;5-9,11-15H,16H2,1-4H3;/q2*-1;. The molecule has 4 heterocycles. The molecule has 0 unspecified atom stereocenters. The average molecular weight is 878 g/mol. The van der Waals surface area contributed by atoms with Crippen LogP contribution in [-0.4, -0.2) is 15.0 Å². The van der Waals surface area contributed by atoms with Gasteiger partial charge < -0.3 is 14.4 Å². The van der Waals surface area contributed by atoms with Crippen LogP contribution in [0, 0.1) is 31.4 Å². The predicted octanol–water partition coefficient (Wildman–Crippen LogP) is 12.8. The largest absolute Gasteiger partial charge is 0.498 e. The van der Waals surface area contributed by atoms with Gasteiger partial charge in [0.1, 0.15) is 11.1 Å². The number of nitrogens with zero attached hydrogens (tertiary/aromatic N) is 3. The first-order chi connectivity index (χ1) is 24.3. The van der Waals surface area contributed by atoms with E-state index in [1.807, 2.05) is 37.5 Å². The minimum atomic E-state index is 0. The zero-order valence-electron chi connectivity index (χ0n) is 31.0. The van der Waals surface area contributed by atoms with Gasteiger partial charge in [0.05, 0.1) is 15.3 Å². The number of aromatic nitrogens is 3. The van der Waals surface area contributed by atoms with Crippen LogP contribution < -0.4 is 0 Å². The van der Waals surface area contributed by atoms with E-state index in [1.54, 1.807) is 11.3 Å². The molecule has 0 aliphatic carbocycles. The number of pyridine rings is 2. The maximum atomic E-state index is 6.38. The second kappa shape index (κ2) is 14.9. The Bertz CT molecular complexity index is 2460. The molecule has 8 aromatic rings. The van der Waals surface area contributed by atoms with Gasteiger partial charge in [0.2, 0.25) is 0 Å². The summed E-state index contributed by atoms with van der Waals surface area (Å²) in [5, 5.41) is 3.29. The molecule has 6 heteroatoms. The van der Waals surface area contributed by atoms with Crippen LogP contribution in [0.2, 0.25) is 0 Å². The third kappa shape index (κ3) is 8.10. The molecule has 52 heavy (non-hydrogen) atoms. The molecule has 265 valence electrons. The fraction of sp³-hybridized carbons (Fsp3) is 0.239. The molecule has 0 atom stereocenters. The van der Waals surface area contributed by atoms with E-state index in [9.17, 15) is 0 Å². The molecule has 0 spiro atoms. The van der Waals surface area contributed by atoms with Crippen molar-refractivity contribution in [2.45, 2.75) is 67.2 Å². The molecular formula is C46H43IrN3OS-2. The van der Waals surface area contributed by atoms with Gasteiger partial charge in [-0.05, 0) is 64.5 Å². The number of fused-ring (bicyclic) bond motifs is 5. The maximum absolute atomic E-state index is 6.38. The fourth-order valence-corrected chi connectivity index (χ4v) is 7.19. The molecule has 0 saturated carbocycles. The van der Waals surface area contributed by atoms with Gasteiger partial charge in [-0.3, -0.25) is 0 Å². The summed E-state index contributed by atoms with van der Waals surface area (Å²) in [6.45, 7) is 17.5. The molecule has 4 aromatic heterocycles. The zero-order valence-corrected chi connectivity index (χ0v) is 34.2. The van der Waals surface area contributed by atoms with Crippen molar-refractivity contribution in [1.82, 2.24) is 15.0 Å². The Morgan fingerprint density at radius 2 is 1.46 bits per heavy atom. The predicted molar refractivity (Wildman–Crippen MR) is 214 cm³/mol. The van der Waals surface area contributed by atoms with Crippen molar-refractivity contribution in [3.63, 3.8) is 0 Å². The van der Waals surface area contributed by atoms with E-state index in [4.69, 9.17) is 9.40 Å². The van der Waals surface area contributed by atoms with E-state index in [0.29, 0.717) is 5.41 Å². The first-order valence-corrected chi connectivity index (χ1v) is 18.3. The molecule has 0 N–H and O–H groups in total. The molecule has 1 radical (unpaired) electrons. The van der Waals surface area contributed by atoms with Crippen LogP contribution in [-0.2, 0) is 31.9 Å². The summed E-state index contributed by atoms with van der Waals surface area (Å²) in [5.74, 6) is 0. The van der Waals surface area contributed by atoms with Gasteiger partial charge in [0.25, 0.3) is 0 Å². The van der Waals surface area contributed by atoms with Crippen molar-refractivity contribution in [3.05, 3.63) is 137 Å². The third-order valence-electron chi connectivity index (χ3n) is 8.79.